The van der Waals surface area contributed by atoms with Gasteiger partial charge in [0.05, 0.1) is 15.6 Å². The summed E-state index contributed by atoms with van der Waals surface area (Å²) in [7, 11) is 1.60. The van der Waals surface area contributed by atoms with Crippen LogP contribution in [-0.4, -0.2) is 10.5 Å². The van der Waals surface area contributed by atoms with E-state index in [2.05, 4.69) is 5.32 Å². The van der Waals surface area contributed by atoms with E-state index in [0.29, 0.717) is 22.2 Å². The lowest BCUT2D eigenvalue weighted by atomic mass is 10.2. The average Bonchev–Trinajstić information content (AvgIpc) is 2.43. The smallest absolute Gasteiger partial charge is 0.253 e. The number of hydrogen-bond acceptors (Lipinski definition) is 2. The van der Waals surface area contributed by atoms with Gasteiger partial charge in [-0.15, -0.1) is 0 Å². The van der Waals surface area contributed by atoms with Crippen LogP contribution in [0.15, 0.2) is 41.3 Å². The van der Waals surface area contributed by atoms with E-state index in [-0.39, 0.29) is 11.5 Å². The molecule has 1 N–H and O–H groups in total. The molecule has 0 aliphatic heterocycles. The monoisotopic (exact) mass is 310 g/mol. The van der Waals surface area contributed by atoms with Gasteiger partial charge >= 0.3 is 0 Å². The highest BCUT2D eigenvalue weighted by atomic mass is 35.5. The Morgan fingerprint density at radius 1 is 1.20 bits per heavy atom. The van der Waals surface area contributed by atoms with Crippen LogP contribution >= 0.6 is 23.2 Å². The first kappa shape index (κ1) is 14.6. The molecule has 1 aromatic heterocycles. The molecule has 4 nitrogen and oxygen atoms in total. The molecule has 0 spiro atoms. The Morgan fingerprint density at radius 2 is 1.95 bits per heavy atom. The first-order valence-electron chi connectivity index (χ1n) is 5.86. The van der Waals surface area contributed by atoms with Gasteiger partial charge in [0.15, 0.2) is 0 Å². The standard InChI is InChI=1S/C14H12Cl2N2O2/c1-18-8-10(3-5-13(18)19)14(20)17-7-9-2-4-11(15)12(16)6-9/h2-6,8H,7H2,1H3,(H,17,20). The van der Waals surface area contributed by atoms with Crippen LogP contribution in [0.5, 0.6) is 0 Å². The molecule has 20 heavy (non-hydrogen) atoms. The molecule has 0 aliphatic rings. The number of nitrogens with one attached hydrogen (secondary N) is 1. The second-order valence-corrected chi connectivity index (χ2v) is 5.11. The largest absolute Gasteiger partial charge is 0.348 e. The fourth-order valence-corrected chi connectivity index (χ4v) is 1.98. The fraction of sp³-hybridized carbons (Fsp3) is 0.143. The molecule has 6 heteroatoms. The Hall–Kier alpha value is -1.78. The van der Waals surface area contributed by atoms with Gasteiger partial charge in [-0.3, -0.25) is 9.59 Å². The normalized spacial score (nSPS) is 10.3. The summed E-state index contributed by atoms with van der Waals surface area (Å²) in [6, 6.07) is 8.01. The lowest BCUT2D eigenvalue weighted by molar-refractivity contribution is 0.0950. The van der Waals surface area contributed by atoms with Crippen LogP contribution in [0, 0.1) is 0 Å². The number of aryl methyl sites for hydroxylation is 1. The fourth-order valence-electron chi connectivity index (χ4n) is 1.66. The molecule has 1 amide bonds. The predicted molar refractivity (Wildman–Crippen MR) is 79.3 cm³/mol. The third-order valence-corrected chi connectivity index (χ3v) is 3.52. The van der Waals surface area contributed by atoms with Crippen molar-refractivity contribution < 1.29 is 4.79 Å². The van der Waals surface area contributed by atoms with Gasteiger partial charge in [-0.1, -0.05) is 29.3 Å². The zero-order valence-corrected chi connectivity index (χ0v) is 12.2. The molecule has 0 bridgehead atoms. The van der Waals surface area contributed by atoms with E-state index in [1.807, 2.05) is 0 Å². The van der Waals surface area contributed by atoms with E-state index in [1.54, 1.807) is 25.2 Å². The molecule has 0 saturated heterocycles. The summed E-state index contributed by atoms with van der Waals surface area (Å²) in [6.07, 6.45) is 1.49. The lowest BCUT2D eigenvalue weighted by Crippen LogP contribution is -2.25. The summed E-state index contributed by atoms with van der Waals surface area (Å²) in [5.74, 6) is -0.258. The highest BCUT2D eigenvalue weighted by molar-refractivity contribution is 6.42. The number of nitrogens with zero attached hydrogens (tertiary/aromatic N) is 1. The van der Waals surface area contributed by atoms with Crippen molar-refractivity contribution in [2.24, 2.45) is 7.05 Å². The van der Waals surface area contributed by atoms with Crippen molar-refractivity contribution in [3.63, 3.8) is 0 Å². The minimum Gasteiger partial charge on any atom is -0.348 e. The van der Waals surface area contributed by atoms with E-state index in [0.717, 1.165) is 5.56 Å². The number of halogens is 2. The average molecular weight is 311 g/mol. The molecule has 0 saturated carbocycles. The number of carbonyl (C=O) groups is 1. The molecule has 2 rings (SSSR count). The van der Waals surface area contributed by atoms with E-state index in [4.69, 9.17) is 23.2 Å². The van der Waals surface area contributed by atoms with Gasteiger partial charge in [-0.25, -0.2) is 0 Å². The van der Waals surface area contributed by atoms with Crippen LogP contribution in [-0.2, 0) is 13.6 Å². The number of aromatic nitrogens is 1. The predicted octanol–water partition coefficient (Wildman–Crippen LogP) is 2.62. The molecule has 2 aromatic rings. The van der Waals surface area contributed by atoms with Crippen LogP contribution in [0.1, 0.15) is 15.9 Å². The molecule has 0 aliphatic carbocycles. The number of benzene rings is 1. The van der Waals surface area contributed by atoms with Gasteiger partial charge < -0.3 is 9.88 Å². The van der Waals surface area contributed by atoms with E-state index >= 15 is 0 Å². The summed E-state index contributed by atoms with van der Waals surface area (Å²) >= 11 is 11.7. The Morgan fingerprint density at radius 3 is 2.60 bits per heavy atom. The minimum atomic E-state index is -0.258. The number of pyridine rings is 1. The van der Waals surface area contributed by atoms with Crippen molar-refractivity contribution in [1.82, 2.24) is 9.88 Å². The van der Waals surface area contributed by atoms with E-state index in [9.17, 15) is 9.59 Å². The maximum absolute atomic E-state index is 11.9. The summed E-state index contributed by atoms with van der Waals surface area (Å²) in [6.45, 7) is 0.332. The molecule has 104 valence electrons. The third-order valence-electron chi connectivity index (χ3n) is 2.79. The van der Waals surface area contributed by atoms with Gasteiger partial charge in [0.2, 0.25) is 5.56 Å². The van der Waals surface area contributed by atoms with Gasteiger partial charge in [0.25, 0.3) is 5.91 Å². The molecule has 0 fully saturated rings. The maximum Gasteiger partial charge on any atom is 0.253 e. The SMILES string of the molecule is Cn1cc(C(=O)NCc2ccc(Cl)c(Cl)c2)ccc1=O. The van der Waals surface area contributed by atoms with Crippen LogP contribution in [0.25, 0.3) is 0 Å². The summed E-state index contributed by atoms with van der Waals surface area (Å²) < 4.78 is 1.36. The van der Waals surface area contributed by atoms with Gasteiger partial charge in [0.1, 0.15) is 0 Å². The Bertz CT molecular complexity index is 711. The quantitative estimate of drug-likeness (QED) is 0.947. The minimum absolute atomic E-state index is 0.161. The number of rotatable bonds is 3. The lowest BCUT2D eigenvalue weighted by Gasteiger charge is -2.07. The van der Waals surface area contributed by atoms with Crippen LogP contribution < -0.4 is 10.9 Å². The third kappa shape index (κ3) is 3.40. The number of amides is 1. The van der Waals surface area contributed by atoms with Crippen molar-refractivity contribution in [2.45, 2.75) is 6.54 Å². The molecule has 0 radical (unpaired) electrons. The summed E-state index contributed by atoms with van der Waals surface area (Å²) in [4.78, 5) is 23.2. The van der Waals surface area contributed by atoms with Crippen LogP contribution in [0.2, 0.25) is 10.0 Å². The summed E-state index contributed by atoms with van der Waals surface area (Å²) in [5.41, 5.74) is 1.11. The van der Waals surface area contributed by atoms with Gasteiger partial charge in [-0.2, -0.15) is 0 Å². The highest BCUT2D eigenvalue weighted by Crippen LogP contribution is 2.22. The van der Waals surface area contributed by atoms with E-state index < -0.39 is 0 Å². The summed E-state index contributed by atoms with van der Waals surface area (Å²) in [5, 5.41) is 3.67. The molecular weight excluding hydrogens is 299 g/mol. The topological polar surface area (TPSA) is 51.1 Å². The van der Waals surface area contributed by atoms with Crippen molar-refractivity contribution in [1.29, 1.82) is 0 Å². The molecule has 1 heterocycles. The zero-order valence-electron chi connectivity index (χ0n) is 10.7. The number of carbonyl (C=O) groups excluding carboxylic acids is 1. The van der Waals surface area contributed by atoms with E-state index in [1.165, 1.54) is 22.9 Å². The first-order chi connectivity index (χ1) is 9.47. The molecule has 0 unspecified atom stereocenters. The Kier molecular flexibility index (Phi) is 4.47. The van der Waals surface area contributed by atoms with Crippen molar-refractivity contribution in [3.05, 3.63) is 68.1 Å². The molecule has 1 aromatic carbocycles. The second-order valence-electron chi connectivity index (χ2n) is 4.30. The Balaban J connectivity index is 2.06. The zero-order chi connectivity index (χ0) is 14.7. The van der Waals surface area contributed by atoms with Crippen molar-refractivity contribution in [2.75, 3.05) is 0 Å². The van der Waals surface area contributed by atoms with Gasteiger partial charge in [-0.05, 0) is 23.8 Å². The second kappa shape index (κ2) is 6.11. The number of hydrogen-bond donors (Lipinski definition) is 1. The Labute approximate surface area is 125 Å². The maximum atomic E-state index is 11.9. The molecular formula is C14H12Cl2N2O2. The van der Waals surface area contributed by atoms with Crippen LogP contribution in [0.3, 0.4) is 0 Å². The first-order valence-corrected chi connectivity index (χ1v) is 6.62. The highest BCUT2D eigenvalue weighted by Gasteiger charge is 2.07. The van der Waals surface area contributed by atoms with Crippen molar-refractivity contribution in [3.8, 4) is 0 Å². The molecule has 0 atom stereocenters. The van der Waals surface area contributed by atoms with Gasteiger partial charge in [0, 0.05) is 25.9 Å². The van der Waals surface area contributed by atoms with Crippen molar-refractivity contribution >= 4 is 29.1 Å². The van der Waals surface area contributed by atoms with Crippen LogP contribution in [0.4, 0.5) is 0 Å².